The lowest BCUT2D eigenvalue weighted by Crippen LogP contribution is -2.60. The van der Waals surface area contributed by atoms with E-state index in [9.17, 15) is 24.3 Å². The second-order valence-corrected chi connectivity index (χ2v) is 11.2. The summed E-state index contributed by atoms with van der Waals surface area (Å²) in [4.78, 5) is 56.7. The monoisotopic (exact) mass is 503 g/mol. The van der Waals surface area contributed by atoms with Crippen LogP contribution in [0.3, 0.4) is 0 Å². The molecule has 7 atom stereocenters. The van der Waals surface area contributed by atoms with Crippen LogP contribution >= 0.6 is 0 Å². The molecule has 0 aromatic heterocycles. The zero-order chi connectivity index (χ0) is 26.4. The lowest BCUT2D eigenvalue weighted by atomic mass is 9.77. The number of amides is 3. The number of ether oxygens (including phenoxy) is 2. The molecular formula is C26H37N3O7. The van der Waals surface area contributed by atoms with Gasteiger partial charge in [0.05, 0.1) is 31.2 Å². The van der Waals surface area contributed by atoms with Crippen molar-refractivity contribution in [1.82, 2.24) is 15.1 Å². The molecule has 2 saturated heterocycles. The number of rotatable bonds is 2. The van der Waals surface area contributed by atoms with Crippen molar-refractivity contribution in [2.45, 2.75) is 82.9 Å². The van der Waals surface area contributed by atoms with Gasteiger partial charge in [-0.25, -0.2) is 0 Å². The van der Waals surface area contributed by atoms with Crippen molar-refractivity contribution in [2.75, 3.05) is 19.7 Å². The zero-order valence-corrected chi connectivity index (χ0v) is 21.6. The number of aliphatic hydroxyl groups excluding tert-OH is 1. The fourth-order valence-corrected chi connectivity index (χ4v) is 5.77. The van der Waals surface area contributed by atoms with Crippen molar-refractivity contribution < 1.29 is 33.8 Å². The highest BCUT2D eigenvalue weighted by atomic mass is 16.6. The van der Waals surface area contributed by atoms with E-state index in [2.05, 4.69) is 5.32 Å². The molecule has 4 aliphatic rings. The predicted octanol–water partition coefficient (Wildman–Crippen LogP) is 0.543. The summed E-state index contributed by atoms with van der Waals surface area (Å²) in [5.41, 5.74) is -1.92. The van der Waals surface area contributed by atoms with E-state index in [4.69, 9.17) is 9.47 Å². The highest BCUT2D eigenvalue weighted by Gasteiger charge is 2.72. The summed E-state index contributed by atoms with van der Waals surface area (Å²) >= 11 is 0. The number of hydrogen-bond donors (Lipinski definition) is 2. The number of carbonyl (C=O) groups excluding carboxylic acids is 4. The summed E-state index contributed by atoms with van der Waals surface area (Å²) < 4.78 is 12.2. The minimum atomic E-state index is -1.40. The minimum Gasteiger partial charge on any atom is -0.460 e. The Labute approximate surface area is 211 Å². The summed E-state index contributed by atoms with van der Waals surface area (Å²) in [6.45, 7) is 9.26. The topological polar surface area (TPSA) is 125 Å². The number of hydrogen-bond acceptors (Lipinski definition) is 7. The van der Waals surface area contributed by atoms with Crippen LogP contribution < -0.4 is 5.32 Å². The third-order valence-electron chi connectivity index (χ3n) is 7.52. The molecule has 2 N–H and O–H groups in total. The third kappa shape index (κ3) is 4.34. The lowest BCUT2D eigenvalue weighted by Gasteiger charge is -2.41. The number of fused-ring (bicyclic) bond motifs is 2. The van der Waals surface area contributed by atoms with Gasteiger partial charge >= 0.3 is 5.97 Å². The molecule has 10 nitrogen and oxygen atoms in total. The molecular weight excluding hydrogens is 466 g/mol. The first-order chi connectivity index (χ1) is 16.9. The Morgan fingerprint density at radius 3 is 2.58 bits per heavy atom. The van der Waals surface area contributed by atoms with Crippen LogP contribution in [0.1, 0.15) is 47.5 Å². The third-order valence-corrected chi connectivity index (χ3v) is 7.52. The van der Waals surface area contributed by atoms with Crippen LogP contribution in [0.25, 0.3) is 0 Å². The minimum absolute atomic E-state index is 0.147. The molecule has 4 aliphatic heterocycles. The maximum atomic E-state index is 14.0. The van der Waals surface area contributed by atoms with Crippen LogP contribution in [0, 0.1) is 11.8 Å². The van der Waals surface area contributed by atoms with E-state index in [0.29, 0.717) is 13.0 Å². The average Bonchev–Trinajstić information content (AvgIpc) is 3.19. The van der Waals surface area contributed by atoms with Gasteiger partial charge in [0.25, 0.3) is 0 Å². The van der Waals surface area contributed by atoms with Gasteiger partial charge in [-0.15, -0.1) is 0 Å². The molecule has 198 valence electrons. The zero-order valence-electron chi connectivity index (χ0n) is 21.6. The van der Waals surface area contributed by atoms with Crippen LogP contribution in [0.4, 0.5) is 0 Å². The molecule has 0 aromatic rings. The normalized spacial score (nSPS) is 37.1. The van der Waals surface area contributed by atoms with Crippen LogP contribution in [0.5, 0.6) is 0 Å². The van der Waals surface area contributed by atoms with Crippen molar-refractivity contribution >= 4 is 23.7 Å². The highest BCUT2D eigenvalue weighted by molar-refractivity contribution is 5.99. The Hall–Kier alpha value is -2.72. The molecule has 0 saturated carbocycles. The molecule has 0 bridgehead atoms. The maximum absolute atomic E-state index is 14.0. The summed E-state index contributed by atoms with van der Waals surface area (Å²) in [5, 5.41) is 12.7. The molecule has 0 unspecified atom stereocenters. The molecule has 0 aliphatic carbocycles. The van der Waals surface area contributed by atoms with E-state index in [1.54, 1.807) is 37.0 Å². The molecule has 3 amide bonds. The van der Waals surface area contributed by atoms with Gasteiger partial charge < -0.3 is 29.7 Å². The number of esters is 1. The highest BCUT2D eigenvalue weighted by Crippen LogP contribution is 2.53. The second-order valence-electron chi connectivity index (χ2n) is 11.2. The van der Waals surface area contributed by atoms with E-state index >= 15 is 0 Å². The summed E-state index contributed by atoms with van der Waals surface area (Å²) in [6.07, 6.45) is 6.35. The number of allylic oxidation sites excluding steroid dienone is 1. The van der Waals surface area contributed by atoms with Gasteiger partial charge in [-0.1, -0.05) is 24.3 Å². The van der Waals surface area contributed by atoms with E-state index < -0.39 is 59.1 Å². The quantitative estimate of drug-likeness (QED) is 0.416. The first-order valence-corrected chi connectivity index (χ1v) is 12.7. The van der Waals surface area contributed by atoms with Gasteiger partial charge in [0.2, 0.25) is 17.7 Å². The summed E-state index contributed by atoms with van der Waals surface area (Å²) in [6, 6.07) is -1.70. The molecule has 10 heteroatoms. The Balaban J connectivity index is 1.83. The van der Waals surface area contributed by atoms with Crippen LogP contribution in [0.2, 0.25) is 0 Å². The smallest absolute Gasteiger partial charge is 0.313 e. The Morgan fingerprint density at radius 2 is 1.92 bits per heavy atom. The number of carbonyl (C=O) groups is 4. The lowest BCUT2D eigenvalue weighted by molar-refractivity contribution is -0.160. The maximum Gasteiger partial charge on any atom is 0.313 e. The predicted molar refractivity (Wildman–Crippen MR) is 129 cm³/mol. The van der Waals surface area contributed by atoms with E-state index in [1.807, 2.05) is 26.8 Å². The van der Waals surface area contributed by atoms with Crippen molar-refractivity contribution in [3.63, 3.8) is 0 Å². The van der Waals surface area contributed by atoms with Crippen molar-refractivity contribution in [3.8, 4) is 0 Å². The van der Waals surface area contributed by atoms with Gasteiger partial charge in [0, 0.05) is 18.5 Å². The van der Waals surface area contributed by atoms with Gasteiger partial charge in [-0.2, -0.15) is 0 Å². The molecule has 2 fully saturated rings. The fraction of sp³-hybridized carbons (Fsp3) is 0.692. The molecule has 4 heterocycles. The van der Waals surface area contributed by atoms with Crippen molar-refractivity contribution in [1.29, 1.82) is 0 Å². The van der Waals surface area contributed by atoms with E-state index in [-0.39, 0.29) is 31.4 Å². The van der Waals surface area contributed by atoms with Gasteiger partial charge in [0.1, 0.15) is 23.7 Å². The van der Waals surface area contributed by atoms with Crippen LogP contribution in [-0.4, -0.2) is 93.7 Å². The summed E-state index contributed by atoms with van der Waals surface area (Å²) in [5.74, 6) is -3.45. The van der Waals surface area contributed by atoms with Crippen molar-refractivity contribution in [3.05, 3.63) is 24.3 Å². The molecule has 0 radical (unpaired) electrons. The van der Waals surface area contributed by atoms with Gasteiger partial charge in [-0.3, -0.25) is 19.2 Å². The Bertz CT molecular complexity index is 987. The first-order valence-electron chi connectivity index (χ1n) is 12.7. The number of aliphatic hydroxyl groups is 1. The second kappa shape index (κ2) is 9.63. The number of cyclic esters (lactones) is 1. The standard InChI is InChI=1S/C26H37N3O7/c1-15(14-30)29-21-23(33)28(25(3,4)5)12-8-11-26(21)20(22(29)32)19-17(36-26)9-6-7-10-18(31)27-13-16(2)35-24(19)34/h6,8-9,11,15-17,19-21,30H,7,10,12-14H2,1-5H3,(H,27,31)/b9-6-/t15-,16+,17+,19-,20-,21+,26-/m1/s1. The molecule has 1 spiro atoms. The molecule has 36 heavy (non-hydrogen) atoms. The SMILES string of the molecule is C[C@H](CO)N1C(=O)[C@H]2[C@@H]3C(=O)O[C@@H](C)CNC(=O)CC/C=C\[C@@H]3O[C@]23C=CCN(C(C)(C)C)C(=O)[C@H]13. The van der Waals surface area contributed by atoms with Crippen LogP contribution in [-0.2, 0) is 28.7 Å². The van der Waals surface area contributed by atoms with Gasteiger partial charge in [-0.05, 0) is 41.0 Å². The molecule has 0 aromatic carbocycles. The van der Waals surface area contributed by atoms with Crippen molar-refractivity contribution in [2.24, 2.45) is 11.8 Å². The fourth-order valence-electron chi connectivity index (χ4n) is 5.77. The van der Waals surface area contributed by atoms with E-state index in [1.165, 1.54) is 4.90 Å². The molecule has 4 rings (SSSR count). The Kier molecular flexibility index (Phi) is 7.04. The van der Waals surface area contributed by atoms with Crippen LogP contribution in [0.15, 0.2) is 24.3 Å². The summed E-state index contributed by atoms with van der Waals surface area (Å²) in [7, 11) is 0. The van der Waals surface area contributed by atoms with Gasteiger partial charge in [0.15, 0.2) is 0 Å². The number of nitrogens with zero attached hydrogens (tertiary/aromatic N) is 2. The number of likely N-dealkylation sites (tertiary alicyclic amines) is 1. The first kappa shape index (κ1) is 26.3. The van der Waals surface area contributed by atoms with E-state index in [0.717, 1.165) is 0 Å². The Morgan fingerprint density at radius 1 is 1.19 bits per heavy atom. The largest absolute Gasteiger partial charge is 0.460 e. The average molecular weight is 504 g/mol. The number of nitrogens with one attached hydrogen (secondary N) is 1.